The molecule has 196 valence electrons. The Labute approximate surface area is 224 Å². The highest BCUT2D eigenvalue weighted by Gasteiger charge is 2.33. The van der Waals surface area contributed by atoms with E-state index < -0.39 is 28.5 Å². The Kier molecular flexibility index (Phi) is 9.34. The maximum absolute atomic E-state index is 14.0. The minimum absolute atomic E-state index is 0.0355. The molecular formula is C28H32ClN3O4S. The number of para-hydroxylation sites is 1. The molecule has 37 heavy (non-hydrogen) atoms. The molecule has 1 N–H and O–H groups in total. The number of anilines is 1. The van der Waals surface area contributed by atoms with E-state index in [0.717, 1.165) is 27.3 Å². The number of benzene rings is 3. The minimum atomic E-state index is -3.82. The topological polar surface area (TPSA) is 86.8 Å². The summed E-state index contributed by atoms with van der Waals surface area (Å²) in [6, 6.07) is 21.0. The number of aryl methyl sites for hydroxylation is 2. The van der Waals surface area contributed by atoms with Crippen LogP contribution < -0.4 is 9.62 Å². The maximum Gasteiger partial charge on any atom is 0.244 e. The predicted molar refractivity (Wildman–Crippen MR) is 148 cm³/mol. The van der Waals surface area contributed by atoms with Gasteiger partial charge in [-0.1, -0.05) is 78.3 Å². The second-order valence-electron chi connectivity index (χ2n) is 8.94. The van der Waals surface area contributed by atoms with Crippen LogP contribution in [0.5, 0.6) is 0 Å². The lowest BCUT2D eigenvalue weighted by Gasteiger charge is -2.34. The number of hydrogen-bond donors (Lipinski definition) is 1. The molecule has 0 unspecified atom stereocenters. The van der Waals surface area contributed by atoms with Crippen molar-refractivity contribution in [3.63, 3.8) is 0 Å². The fourth-order valence-corrected chi connectivity index (χ4v) is 5.47. The zero-order valence-electron chi connectivity index (χ0n) is 21.4. The number of nitrogens with zero attached hydrogens (tertiary/aromatic N) is 2. The van der Waals surface area contributed by atoms with Crippen molar-refractivity contribution in [2.45, 2.75) is 32.9 Å². The van der Waals surface area contributed by atoms with Crippen LogP contribution in [0.3, 0.4) is 0 Å². The first-order chi connectivity index (χ1) is 17.5. The van der Waals surface area contributed by atoms with Crippen LogP contribution in [0.25, 0.3) is 0 Å². The van der Waals surface area contributed by atoms with Crippen LogP contribution in [0.1, 0.15) is 22.3 Å². The molecule has 3 aromatic carbocycles. The zero-order chi connectivity index (χ0) is 27.2. The van der Waals surface area contributed by atoms with Crippen molar-refractivity contribution in [3.05, 3.63) is 100 Å². The highest BCUT2D eigenvalue weighted by Crippen LogP contribution is 2.28. The Morgan fingerprint density at radius 1 is 0.919 bits per heavy atom. The van der Waals surface area contributed by atoms with Crippen molar-refractivity contribution in [2.75, 3.05) is 24.2 Å². The third kappa shape index (κ3) is 7.11. The normalized spacial score (nSPS) is 12.0. The van der Waals surface area contributed by atoms with Gasteiger partial charge in [0.2, 0.25) is 21.8 Å². The number of likely N-dealkylation sites (N-methyl/N-ethyl adjacent to an activating group) is 1. The fourth-order valence-electron chi connectivity index (χ4n) is 4.31. The predicted octanol–water partition coefficient (Wildman–Crippen LogP) is 4.11. The van der Waals surface area contributed by atoms with Gasteiger partial charge in [-0.25, -0.2) is 8.42 Å². The Bertz CT molecular complexity index is 1340. The number of sulfonamides is 1. The van der Waals surface area contributed by atoms with Crippen LogP contribution in [-0.2, 0) is 32.6 Å². The Balaban J connectivity index is 2.08. The van der Waals surface area contributed by atoms with Gasteiger partial charge >= 0.3 is 0 Å². The van der Waals surface area contributed by atoms with Gasteiger partial charge in [-0.15, -0.1) is 0 Å². The lowest BCUT2D eigenvalue weighted by atomic mass is 10.0. The first-order valence-electron chi connectivity index (χ1n) is 11.8. The number of carbonyl (C=O) groups excluding carboxylic acids is 2. The monoisotopic (exact) mass is 541 g/mol. The lowest BCUT2D eigenvalue weighted by Crippen LogP contribution is -2.53. The minimum Gasteiger partial charge on any atom is -0.357 e. The first kappa shape index (κ1) is 28.2. The third-order valence-corrected chi connectivity index (χ3v) is 7.67. The molecule has 0 bridgehead atoms. The number of hydrogen-bond acceptors (Lipinski definition) is 4. The number of nitrogens with one attached hydrogen (secondary N) is 1. The summed E-state index contributed by atoms with van der Waals surface area (Å²) in [5.74, 6) is -0.875. The summed E-state index contributed by atoms with van der Waals surface area (Å²) >= 11 is 6.42. The highest BCUT2D eigenvalue weighted by molar-refractivity contribution is 7.92. The van der Waals surface area contributed by atoms with E-state index in [1.54, 1.807) is 50.2 Å². The smallest absolute Gasteiger partial charge is 0.244 e. The molecule has 7 nitrogen and oxygen atoms in total. The molecule has 0 aliphatic heterocycles. The SMILES string of the molecule is CNC(=O)[C@@H](Cc1ccccc1)N(Cc1ccccc1Cl)C(=O)CN(c1c(C)cccc1C)S(C)(=O)=O. The maximum atomic E-state index is 14.0. The van der Waals surface area contributed by atoms with Gasteiger partial charge < -0.3 is 10.2 Å². The fraction of sp³-hybridized carbons (Fsp3) is 0.286. The molecule has 0 aromatic heterocycles. The summed E-state index contributed by atoms with van der Waals surface area (Å²) in [5, 5.41) is 3.11. The molecule has 1 atom stereocenters. The summed E-state index contributed by atoms with van der Waals surface area (Å²) in [4.78, 5) is 28.5. The lowest BCUT2D eigenvalue weighted by molar-refractivity contribution is -0.139. The van der Waals surface area contributed by atoms with E-state index in [0.29, 0.717) is 16.3 Å². The van der Waals surface area contributed by atoms with Gasteiger partial charge in [0.15, 0.2) is 0 Å². The second-order valence-corrected chi connectivity index (χ2v) is 11.3. The van der Waals surface area contributed by atoms with E-state index in [4.69, 9.17) is 11.6 Å². The third-order valence-electron chi connectivity index (χ3n) is 6.18. The van der Waals surface area contributed by atoms with E-state index in [9.17, 15) is 18.0 Å². The van der Waals surface area contributed by atoms with Gasteiger partial charge in [-0.2, -0.15) is 0 Å². The molecule has 3 aromatic rings. The highest BCUT2D eigenvalue weighted by atomic mass is 35.5. The largest absolute Gasteiger partial charge is 0.357 e. The van der Waals surface area contributed by atoms with Gasteiger partial charge in [0.1, 0.15) is 12.6 Å². The van der Waals surface area contributed by atoms with Crippen molar-refractivity contribution >= 4 is 39.1 Å². The van der Waals surface area contributed by atoms with Crippen LogP contribution in [0, 0.1) is 13.8 Å². The molecule has 0 radical (unpaired) electrons. The molecule has 0 fully saturated rings. The van der Waals surface area contributed by atoms with E-state index in [2.05, 4.69) is 5.32 Å². The molecule has 0 spiro atoms. The van der Waals surface area contributed by atoms with Crippen LogP contribution in [0.15, 0.2) is 72.8 Å². The Morgan fingerprint density at radius 2 is 1.51 bits per heavy atom. The Hall–Kier alpha value is -3.36. The van der Waals surface area contributed by atoms with E-state index in [-0.39, 0.29) is 18.9 Å². The van der Waals surface area contributed by atoms with Crippen LogP contribution in [-0.4, -0.2) is 51.0 Å². The van der Waals surface area contributed by atoms with Crippen molar-refractivity contribution in [3.8, 4) is 0 Å². The number of halogens is 1. The van der Waals surface area contributed by atoms with Crippen molar-refractivity contribution in [1.29, 1.82) is 0 Å². The van der Waals surface area contributed by atoms with E-state index in [1.165, 1.54) is 11.9 Å². The van der Waals surface area contributed by atoms with Gasteiger partial charge in [0, 0.05) is 25.0 Å². The van der Waals surface area contributed by atoms with E-state index >= 15 is 0 Å². The summed E-state index contributed by atoms with van der Waals surface area (Å²) in [6.07, 6.45) is 1.32. The molecule has 0 aliphatic rings. The standard InChI is InChI=1S/C28H32ClN3O4S/c1-20-11-10-12-21(2)27(20)32(37(4,35)36)19-26(33)31(18-23-15-8-9-16-24(23)29)25(28(34)30-3)17-22-13-6-5-7-14-22/h5-16,25H,17-19H2,1-4H3,(H,30,34)/t25-/m1/s1. The molecule has 9 heteroatoms. The van der Waals surface area contributed by atoms with Gasteiger partial charge in [0.05, 0.1) is 11.9 Å². The van der Waals surface area contributed by atoms with Crippen molar-refractivity contribution in [2.24, 2.45) is 0 Å². The summed E-state index contributed by atoms with van der Waals surface area (Å²) < 4.78 is 26.9. The van der Waals surface area contributed by atoms with Gasteiger partial charge in [0.25, 0.3) is 0 Å². The number of rotatable bonds is 10. The number of amides is 2. The summed E-state index contributed by atoms with van der Waals surface area (Å²) in [5.41, 5.74) is 3.42. The van der Waals surface area contributed by atoms with Crippen LogP contribution >= 0.6 is 11.6 Å². The molecule has 0 saturated heterocycles. The van der Waals surface area contributed by atoms with Crippen LogP contribution in [0.2, 0.25) is 5.02 Å². The molecule has 2 amide bonds. The average molecular weight is 542 g/mol. The summed E-state index contributed by atoms with van der Waals surface area (Å²) in [6.45, 7) is 3.18. The average Bonchev–Trinajstić information content (AvgIpc) is 2.86. The van der Waals surface area contributed by atoms with E-state index in [1.807, 2.05) is 36.4 Å². The van der Waals surface area contributed by atoms with Crippen molar-refractivity contribution < 1.29 is 18.0 Å². The quantitative estimate of drug-likeness (QED) is 0.418. The zero-order valence-corrected chi connectivity index (χ0v) is 23.0. The molecular weight excluding hydrogens is 510 g/mol. The molecule has 0 saturated carbocycles. The van der Waals surface area contributed by atoms with Crippen molar-refractivity contribution in [1.82, 2.24) is 10.2 Å². The number of carbonyl (C=O) groups is 2. The molecule has 3 rings (SSSR count). The van der Waals surface area contributed by atoms with Gasteiger partial charge in [-0.3, -0.25) is 13.9 Å². The first-order valence-corrected chi connectivity index (χ1v) is 14.1. The van der Waals surface area contributed by atoms with Gasteiger partial charge in [-0.05, 0) is 42.2 Å². The second kappa shape index (κ2) is 12.3. The molecule has 0 aliphatic carbocycles. The summed E-state index contributed by atoms with van der Waals surface area (Å²) in [7, 11) is -2.31. The Morgan fingerprint density at radius 3 is 2.08 bits per heavy atom. The van der Waals surface area contributed by atoms with Crippen LogP contribution in [0.4, 0.5) is 5.69 Å². The molecule has 0 heterocycles.